The third kappa shape index (κ3) is 3.06. The number of hydrogen-bond acceptors (Lipinski definition) is 3. The zero-order chi connectivity index (χ0) is 15.3. The van der Waals surface area contributed by atoms with Crippen LogP contribution < -0.4 is 10.1 Å². The van der Waals surface area contributed by atoms with E-state index in [1.807, 2.05) is 0 Å². The van der Waals surface area contributed by atoms with Gasteiger partial charge in [0, 0.05) is 42.7 Å². The van der Waals surface area contributed by atoms with E-state index in [1.54, 1.807) is 12.1 Å². The number of rotatable bonds is 2. The Hall–Kier alpha value is -1.13. The van der Waals surface area contributed by atoms with Crippen LogP contribution in [0.5, 0.6) is 5.75 Å². The third-order valence-electron chi connectivity index (χ3n) is 4.63. The van der Waals surface area contributed by atoms with Crippen LogP contribution >= 0.6 is 0 Å². The van der Waals surface area contributed by atoms with Gasteiger partial charge in [-0.15, -0.1) is 0 Å². The molecule has 0 aliphatic carbocycles. The van der Waals surface area contributed by atoms with E-state index in [4.69, 9.17) is 4.74 Å². The van der Waals surface area contributed by atoms with Gasteiger partial charge in [0.25, 0.3) is 0 Å². The highest BCUT2D eigenvalue weighted by Crippen LogP contribution is 2.31. The Morgan fingerprint density at radius 1 is 1.33 bits per heavy atom. The molecule has 1 unspecified atom stereocenters. The zero-order valence-corrected chi connectivity index (χ0v) is 13.4. The average Bonchev–Trinajstić information content (AvgIpc) is 2.76. The van der Waals surface area contributed by atoms with Gasteiger partial charge < -0.3 is 10.1 Å². The molecule has 3 nitrogen and oxygen atoms in total. The van der Waals surface area contributed by atoms with Gasteiger partial charge in [0.15, 0.2) is 0 Å². The lowest BCUT2D eigenvalue weighted by molar-refractivity contribution is 0.0127. The Bertz CT molecular complexity index is 542. The molecule has 0 amide bonds. The van der Waals surface area contributed by atoms with Gasteiger partial charge in [-0.3, -0.25) is 4.90 Å². The van der Waals surface area contributed by atoms with Crippen LogP contribution in [0.2, 0.25) is 0 Å². The Labute approximate surface area is 126 Å². The second-order valence-electron chi connectivity index (χ2n) is 7.63. The van der Waals surface area contributed by atoms with Crippen LogP contribution in [0.4, 0.5) is 4.39 Å². The molecule has 0 aromatic heterocycles. The molecule has 3 rings (SSSR count). The number of hydrogen-bond donors (Lipinski definition) is 1. The van der Waals surface area contributed by atoms with E-state index in [2.05, 4.69) is 37.9 Å². The second kappa shape index (κ2) is 4.96. The lowest BCUT2D eigenvalue weighted by Crippen LogP contribution is -2.67. The van der Waals surface area contributed by atoms with Gasteiger partial charge in [0.1, 0.15) is 17.7 Å². The first-order valence-electron chi connectivity index (χ1n) is 7.70. The Kier molecular flexibility index (Phi) is 3.49. The average molecular weight is 292 g/mol. The summed E-state index contributed by atoms with van der Waals surface area (Å²) < 4.78 is 19.3. The molecule has 0 spiro atoms. The van der Waals surface area contributed by atoms with Crippen molar-refractivity contribution in [2.45, 2.75) is 51.3 Å². The molecule has 2 aliphatic rings. The van der Waals surface area contributed by atoms with Gasteiger partial charge in [0.05, 0.1) is 0 Å². The predicted molar refractivity (Wildman–Crippen MR) is 82.3 cm³/mol. The van der Waals surface area contributed by atoms with E-state index in [-0.39, 0.29) is 23.0 Å². The number of halogens is 1. The molecule has 4 heteroatoms. The molecule has 116 valence electrons. The summed E-state index contributed by atoms with van der Waals surface area (Å²) in [5.41, 5.74) is 1.22. The number of fused-ring (bicyclic) bond motifs is 1. The van der Waals surface area contributed by atoms with Crippen molar-refractivity contribution in [3.05, 3.63) is 29.6 Å². The van der Waals surface area contributed by atoms with Gasteiger partial charge in [-0.1, -0.05) is 0 Å². The summed E-state index contributed by atoms with van der Waals surface area (Å²) in [4.78, 5) is 2.50. The highest BCUT2D eigenvalue weighted by atomic mass is 19.1. The van der Waals surface area contributed by atoms with Crippen LogP contribution in [0.15, 0.2) is 18.2 Å². The summed E-state index contributed by atoms with van der Waals surface area (Å²) in [6.45, 7) is 11.8. The molecule has 0 radical (unpaired) electrons. The van der Waals surface area contributed by atoms with Crippen LogP contribution in [0.25, 0.3) is 0 Å². The molecular weight excluding hydrogens is 267 g/mol. The first kappa shape index (κ1) is 14.8. The molecule has 21 heavy (non-hydrogen) atoms. The molecule has 2 aliphatic heterocycles. The normalized spacial score (nSPS) is 27.2. The lowest BCUT2D eigenvalue weighted by Gasteiger charge is -2.50. The lowest BCUT2D eigenvalue weighted by atomic mass is 9.91. The van der Waals surface area contributed by atoms with Gasteiger partial charge >= 0.3 is 0 Å². The SMILES string of the molecule is CC1(C)CN(CC2Cc3cc(F)ccc3O2)C(C)(C)CN1. The summed E-state index contributed by atoms with van der Waals surface area (Å²) in [5.74, 6) is 0.662. The van der Waals surface area contributed by atoms with E-state index in [1.165, 1.54) is 6.07 Å². The highest BCUT2D eigenvalue weighted by molar-refractivity contribution is 5.38. The molecule has 1 aromatic carbocycles. The predicted octanol–water partition coefficient (Wildman–Crippen LogP) is 2.59. The topological polar surface area (TPSA) is 24.5 Å². The number of nitrogens with one attached hydrogen (secondary N) is 1. The van der Waals surface area contributed by atoms with E-state index in [0.717, 1.165) is 37.4 Å². The molecule has 0 saturated carbocycles. The minimum atomic E-state index is -0.179. The Morgan fingerprint density at radius 3 is 2.86 bits per heavy atom. The number of benzene rings is 1. The molecular formula is C17H25FN2O. The first-order valence-corrected chi connectivity index (χ1v) is 7.70. The summed E-state index contributed by atoms with van der Waals surface area (Å²) in [6.07, 6.45) is 0.919. The van der Waals surface area contributed by atoms with Crippen molar-refractivity contribution in [1.82, 2.24) is 10.2 Å². The van der Waals surface area contributed by atoms with Crippen LogP contribution in [-0.2, 0) is 6.42 Å². The Balaban J connectivity index is 1.70. The van der Waals surface area contributed by atoms with E-state index in [9.17, 15) is 4.39 Å². The molecule has 1 N–H and O–H groups in total. The van der Waals surface area contributed by atoms with Crippen LogP contribution in [0.3, 0.4) is 0 Å². The maximum atomic E-state index is 13.3. The summed E-state index contributed by atoms with van der Waals surface area (Å²) in [7, 11) is 0. The van der Waals surface area contributed by atoms with Crippen LogP contribution in [0, 0.1) is 5.82 Å². The van der Waals surface area contributed by atoms with Crippen molar-refractivity contribution in [1.29, 1.82) is 0 Å². The quantitative estimate of drug-likeness (QED) is 0.907. The van der Waals surface area contributed by atoms with Gasteiger partial charge in [-0.2, -0.15) is 0 Å². The van der Waals surface area contributed by atoms with Crippen molar-refractivity contribution in [2.75, 3.05) is 19.6 Å². The highest BCUT2D eigenvalue weighted by Gasteiger charge is 2.39. The van der Waals surface area contributed by atoms with Crippen LogP contribution in [0.1, 0.15) is 33.3 Å². The molecule has 2 heterocycles. The number of nitrogens with zero attached hydrogens (tertiary/aromatic N) is 1. The fraction of sp³-hybridized carbons (Fsp3) is 0.647. The van der Waals surface area contributed by atoms with Crippen molar-refractivity contribution in [3.8, 4) is 5.75 Å². The third-order valence-corrected chi connectivity index (χ3v) is 4.63. The minimum absolute atomic E-state index is 0.110. The van der Waals surface area contributed by atoms with E-state index in [0.29, 0.717) is 0 Å². The maximum absolute atomic E-state index is 13.3. The molecule has 1 aromatic rings. The first-order chi connectivity index (χ1) is 9.75. The van der Waals surface area contributed by atoms with Crippen molar-refractivity contribution >= 4 is 0 Å². The summed E-state index contributed by atoms with van der Waals surface area (Å²) in [6, 6.07) is 4.82. The summed E-state index contributed by atoms with van der Waals surface area (Å²) in [5, 5.41) is 3.60. The number of piperazine rings is 1. The molecule has 0 bridgehead atoms. The molecule has 1 atom stereocenters. The van der Waals surface area contributed by atoms with E-state index < -0.39 is 0 Å². The minimum Gasteiger partial charge on any atom is -0.488 e. The Morgan fingerprint density at radius 2 is 2.10 bits per heavy atom. The monoisotopic (exact) mass is 292 g/mol. The zero-order valence-electron chi connectivity index (χ0n) is 13.4. The largest absolute Gasteiger partial charge is 0.488 e. The van der Waals surface area contributed by atoms with Crippen molar-refractivity contribution in [3.63, 3.8) is 0 Å². The van der Waals surface area contributed by atoms with Crippen LogP contribution in [-0.4, -0.2) is 41.7 Å². The van der Waals surface area contributed by atoms with Crippen molar-refractivity contribution < 1.29 is 9.13 Å². The maximum Gasteiger partial charge on any atom is 0.123 e. The van der Waals surface area contributed by atoms with E-state index >= 15 is 0 Å². The summed E-state index contributed by atoms with van der Waals surface area (Å²) >= 11 is 0. The standard InChI is InChI=1S/C17H25FN2O/c1-16(2)11-20(17(3,4)10-19-16)9-14-8-12-7-13(18)5-6-15(12)21-14/h5-7,14,19H,8-11H2,1-4H3. The van der Waals surface area contributed by atoms with Crippen molar-refractivity contribution in [2.24, 2.45) is 0 Å². The molecule has 1 saturated heterocycles. The fourth-order valence-corrected chi connectivity index (χ4v) is 3.26. The second-order valence-corrected chi connectivity index (χ2v) is 7.63. The van der Waals surface area contributed by atoms with Gasteiger partial charge in [-0.25, -0.2) is 4.39 Å². The fourth-order valence-electron chi connectivity index (χ4n) is 3.26. The van der Waals surface area contributed by atoms with Gasteiger partial charge in [-0.05, 0) is 45.9 Å². The van der Waals surface area contributed by atoms with Gasteiger partial charge in [0.2, 0.25) is 0 Å². The number of ether oxygens (including phenoxy) is 1. The molecule has 1 fully saturated rings. The smallest absolute Gasteiger partial charge is 0.123 e.